The van der Waals surface area contributed by atoms with Crippen LogP contribution in [0.25, 0.3) is 0 Å². The van der Waals surface area contributed by atoms with E-state index in [1.165, 1.54) is 12.3 Å². The molecule has 0 radical (unpaired) electrons. The largest absolute Gasteiger partial charge is 0.499 e. The minimum atomic E-state index is -4.74. The summed E-state index contributed by atoms with van der Waals surface area (Å²) in [6.45, 7) is -0.646. The number of aliphatic hydroxyl groups is 2. The van der Waals surface area contributed by atoms with Crippen LogP contribution in [-0.2, 0) is 13.8 Å². The van der Waals surface area contributed by atoms with E-state index < -0.39 is 44.7 Å². The second kappa shape index (κ2) is 5.81. The van der Waals surface area contributed by atoms with E-state index >= 15 is 0 Å². The molecule has 1 fully saturated rings. The van der Waals surface area contributed by atoms with Gasteiger partial charge in [-0.3, -0.25) is 4.52 Å². The fraction of sp³-hybridized carbons (Fsp3) is 0.556. The summed E-state index contributed by atoms with van der Waals surface area (Å²) in [6, 6.07) is 1.35. The fourth-order valence-electron chi connectivity index (χ4n) is 1.93. The summed E-state index contributed by atoms with van der Waals surface area (Å²) in [7, 11) is -4.74. The highest BCUT2D eigenvalue weighted by atomic mass is 31.2. The Bertz CT molecular complexity index is 615. The molecule has 1 aliphatic rings. The molecule has 1 aromatic rings. The summed E-state index contributed by atoms with van der Waals surface area (Å²) in [4.78, 5) is 31.2. The van der Waals surface area contributed by atoms with Crippen molar-refractivity contribution in [1.29, 1.82) is 0 Å². The average molecular weight is 324 g/mol. The zero-order valence-electron chi connectivity index (χ0n) is 10.6. The number of hydrogen-bond donors (Lipinski definition) is 6. The van der Waals surface area contributed by atoms with Gasteiger partial charge >= 0.3 is 13.5 Å². The highest BCUT2D eigenvalue weighted by Gasteiger charge is 2.47. The van der Waals surface area contributed by atoms with Crippen molar-refractivity contribution in [1.82, 2.24) is 4.98 Å². The smallest absolute Gasteiger partial charge is 0.387 e. The Labute approximate surface area is 117 Å². The molecule has 0 aromatic carbocycles. The van der Waals surface area contributed by atoms with Crippen LogP contribution in [0.3, 0.4) is 0 Å². The summed E-state index contributed by atoms with van der Waals surface area (Å²) in [5.74, 6) is 0.102. The first-order valence-corrected chi connectivity index (χ1v) is 7.33. The van der Waals surface area contributed by atoms with E-state index in [-0.39, 0.29) is 5.82 Å². The zero-order chi connectivity index (χ0) is 15.8. The van der Waals surface area contributed by atoms with Crippen LogP contribution >= 0.6 is 7.82 Å². The van der Waals surface area contributed by atoms with Crippen molar-refractivity contribution in [2.75, 3.05) is 12.3 Å². The third kappa shape index (κ3) is 3.66. The molecule has 12 heteroatoms. The lowest BCUT2D eigenvalue weighted by Gasteiger charge is -2.14. The van der Waals surface area contributed by atoms with Gasteiger partial charge in [0.15, 0.2) is 5.82 Å². The molecule has 1 aromatic heterocycles. The van der Waals surface area contributed by atoms with Crippen LogP contribution in [0.5, 0.6) is 0 Å². The number of anilines is 1. The molecule has 1 saturated heterocycles. The predicted molar refractivity (Wildman–Crippen MR) is 65.6 cm³/mol. The zero-order valence-corrected chi connectivity index (χ0v) is 11.5. The normalized spacial score (nSPS) is 29.7. The van der Waals surface area contributed by atoms with Crippen molar-refractivity contribution in [2.45, 2.75) is 24.5 Å². The van der Waals surface area contributed by atoms with E-state index in [1.54, 1.807) is 0 Å². The molecular weight excluding hydrogens is 309 g/mol. The Morgan fingerprint density at radius 1 is 1.43 bits per heavy atom. The number of aromatic amines is 1. The lowest BCUT2D eigenvalue weighted by Crippen LogP contribution is -2.58. The number of phosphoric ester groups is 1. The maximum atomic E-state index is 11.7. The van der Waals surface area contributed by atoms with Gasteiger partial charge in [0, 0.05) is 6.07 Å². The standard InChI is InChI=1S/C9H14N3O8P/c10-5-1-2-12(9(15)11-5)8-7(14)6(13)4(20-8)3-19-21(16,17)18/h1-2,4,6-8,13-14H,3H2,(H4,10,11,15,16,17,18)/p+1/t4-,6-,7-,8-/m1/s1. The van der Waals surface area contributed by atoms with Crippen LogP contribution in [0, 0.1) is 0 Å². The molecule has 0 saturated carbocycles. The number of aromatic nitrogens is 2. The minimum absolute atomic E-state index is 0.102. The first kappa shape index (κ1) is 16.0. The molecule has 11 nitrogen and oxygen atoms in total. The number of nitrogens with one attached hydrogen (secondary N) is 1. The number of nitrogen functional groups attached to an aromatic ring is 1. The van der Waals surface area contributed by atoms with Gasteiger partial charge < -0.3 is 30.5 Å². The van der Waals surface area contributed by atoms with Crippen molar-refractivity contribution in [3.05, 3.63) is 22.7 Å². The molecule has 2 rings (SSSR count). The maximum Gasteiger partial charge on any atom is 0.499 e. The molecule has 0 spiro atoms. The monoisotopic (exact) mass is 324 g/mol. The quantitative estimate of drug-likeness (QED) is 0.248. The molecule has 0 unspecified atom stereocenters. The third-order valence-corrected chi connectivity index (χ3v) is 3.40. The summed E-state index contributed by atoms with van der Waals surface area (Å²) in [6.07, 6.45) is -4.16. The van der Waals surface area contributed by atoms with Gasteiger partial charge in [-0.2, -0.15) is 14.3 Å². The number of rotatable bonds is 4. The first-order valence-electron chi connectivity index (χ1n) is 5.80. The average Bonchev–Trinajstić information content (AvgIpc) is 2.64. The lowest BCUT2D eigenvalue weighted by molar-refractivity contribution is -0.779. The summed E-state index contributed by atoms with van der Waals surface area (Å²) < 4.78 is 21.0. The molecule has 1 aliphatic heterocycles. The molecule has 0 aliphatic carbocycles. The van der Waals surface area contributed by atoms with Gasteiger partial charge in [-0.05, 0) is 0 Å². The predicted octanol–water partition coefficient (Wildman–Crippen LogP) is -3.03. The van der Waals surface area contributed by atoms with E-state index in [2.05, 4.69) is 9.51 Å². The van der Waals surface area contributed by atoms with E-state index in [9.17, 15) is 19.6 Å². The van der Waals surface area contributed by atoms with Gasteiger partial charge in [0.25, 0.3) is 0 Å². The van der Waals surface area contributed by atoms with Gasteiger partial charge in [0.2, 0.25) is 6.23 Å². The van der Waals surface area contributed by atoms with Gasteiger partial charge in [0.05, 0.1) is 6.61 Å². The molecule has 7 N–H and O–H groups in total. The number of nitrogens with zero attached hydrogens (tertiary/aromatic N) is 1. The second-order valence-electron chi connectivity index (χ2n) is 4.44. The fourth-order valence-corrected chi connectivity index (χ4v) is 2.27. The Morgan fingerprint density at radius 2 is 2.10 bits per heavy atom. The van der Waals surface area contributed by atoms with Crippen molar-refractivity contribution in [3.8, 4) is 0 Å². The molecule has 4 atom stereocenters. The van der Waals surface area contributed by atoms with Crippen LogP contribution in [0.1, 0.15) is 6.23 Å². The Morgan fingerprint density at radius 3 is 2.67 bits per heavy atom. The number of phosphoric acid groups is 1. The summed E-state index contributed by atoms with van der Waals surface area (Å²) >= 11 is 0. The summed E-state index contributed by atoms with van der Waals surface area (Å²) in [5.41, 5.74) is 4.70. The van der Waals surface area contributed by atoms with Crippen molar-refractivity contribution in [2.24, 2.45) is 0 Å². The minimum Gasteiger partial charge on any atom is -0.387 e. The molecule has 0 amide bonds. The van der Waals surface area contributed by atoms with Crippen LogP contribution < -0.4 is 16.0 Å². The second-order valence-corrected chi connectivity index (χ2v) is 5.68. The Balaban J connectivity index is 2.16. The Kier molecular flexibility index (Phi) is 4.44. The number of H-pyrrole nitrogens is 1. The van der Waals surface area contributed by atoms with E-state index in [1.807, 2.05) is 0 Å². The number of hydrogen-bond acceptors (Lipinski definition) is 7. The summed E-state index contributed by atoms with van der Waals surface area (Å²) in [5, 5.41) is 19.6. The van der Waals surface area contributed by atoms with Crippen LogP contribution in [-0.4, -0.2) is 49.9 Å². The molecular formula is C9H15N3O8P+. The van der Waals surface area contributed by atoms with Crippen LogP contribution in [0.2, 0.25) is 0 Å². The lowest BCUT2D eigenvalue weighted by atomic mass is 10.1. The Hall–Kier alpha value is -1.33. The van der Waals surface area contributed by atoms with Gasteiger partial charge in [-0.25, -0.2) is 4.57 Å². The van der Waals surface area contributed by atoms with E-state index in [4.69, 9.17) is 20.3 Å². The molecule has 118 valence electrons. The first-order chi connectivity index (χ1) is 9.69. The third-order valence-electron chi connectivity index (χ3n) is 2.92. The van der Waals surface area contributed by atoms with Gasteiger partial charge in [0.1, 0.15) is 24.5 Å². The van der Waals surface area contributed by atoms with Gasteiger partial charge in [-0.1, -0.05) is 0 Å². The number of nitrogens with two attached hydrogens (primary N) is 1. The van der Waals surface area contributed by atoms with Crippen molar-refractivity contribution < 1.29 is 38.4 Å². The van der Waals surface area contributed by atoms with E-state index in [0.29, 0.717) is 0 Å². The number of ether oxygens (including phenoxy) is 1. The van der Waals surface area contributed by atoms with Crippen LogP contribution in [0.4, 0.5) is 5.82 Å². The highest BCUT2D eigenvalue weighted by Crippen LogP contribution is 2.37. The highest BCUT2D eigenvalue weighted by molar-refractivity contribution is 7.46. The molecule has 2 heterocycles. The van der Waals surface area contributed by atoms with Crippen LogP contribution in [0.15, 0.2) is 17.1 Å². The van der Waals surface area contributed by atoms with Crippen molar-refractivity contribution >= 4 is 13.6 Å². The number of aliphatic hydroxyl groups excluding tert-OH is 2. The van der Waals surface area contributed by atoms with Gasteiger partial charge in [-0.15, -0.1) is 0 Å². The molecule has 21 heavy (non-hydrogen) atoms. The topological polar surface area (TPSA) is 179 Å². The van der Waals surface area contributed by atoms with E-state index in [0.717, 1.165) is 4.57 Å². The van der Waals surface area contributed by atoms with Crippen molar-refractivity contribution in [3.63, 3.8) is 0 Å². The SMILES string of the molecule is Nc1cc[n+]([C@@H]2O[C@H](COP(=O)(O)O)[C@@H](O)[C@H]2O)c(=O)[nH]1. The maximum absolute atomic E-state index is 11.7. The molecule has 0 bridgehead atoms.